The van der Waals surface area contributed by atoms with Gasteiger partial charge in [0.2, 0.25) is 5.89 Å². The van der Waals surface area contributed by atoms with Crippen LogP contribution in [-0.4, -0.2) is 16.7 Å². The first-order valence-electron chi connectivity index (χ1n) is 5.48. The summed E-state index contributed by atoms with van der Waals surface area (Å²) in [6.07, 6.45) is 3.01. The largest absolute Gasteiger partial charge is 0.339 e. The van der Waals surface area contributed by atoms with Gasteiger partial charge in [0.25, 0.3) is 0 Å². The van der Waals surface area contributed by atoms with E-state index in [0.29, 0.717) is 6.54 Å². The molecule has 2 N–H and O–H groups in total. The lowest BCUT2D eigenvalue weighted by atomic mass is 9.92. The molecule has 1 aromatic heterocycles. The predicted octanol–water partition coefficient (Wildman–Crippen LogP) is 1.65. The van der Waals surface area contributed by atoms with Crippen molar-refractivity contribution in [1.29, 1.82) is 0 Å². The number of nitrogens with two attached hydrogens (primary N) is 1. The Morgan fingerprint density at radius 2 is 2.07 bits per heavy atom. The molecule has 1 aliphatic carbocycles. The Kier molecular flexibility index (Phi) is 2.34. The quantitative estimate of drug-likeness (QED) is 0.822. The van der Waals surface area contributed by atoms with Gasteiger partial charge in [0.1, 0.15) is 0 Å². The van der Waals surface area contributed by atoms with E-state index in [1.807, 2.05) is 0 Å². The van der Waals surface area contributed by atoms with E-state index in [-0.39, 0.29) is 10.8 Å². The first kappa shape index (κ1) is 10.6. The van der Waals surface area contributed by atoms with Crippen LogP contribution in [0.3, 0.4) is 0 Å². The lowest BCUT2D eigenvalue weighted by Crippen LogP contribution is -2.20. The zero-order valence-electron chi connectivity index (χ0n) is 9.71. The molecule has 84 valence electrons. The number of aromatic nitrogens is 2. The third-order valence-corrected chi connectivity index (χ3v) is 2.85. The van der Waals surface area contributed by atoms with Gasteiger partial charge in [0.15, 0.2) is 5.82 Å². The number of rotatable bonds is 3. The van der Waals surface area contributed by atoms with Crippen molar-refractivity contribution in [2.75, 3.05) is 6.54 Å². The van der Waals surface area contributed by atoms with Crippen LogP contribution in [0.4, 0.5) is 0 Å². The molecular formula is C11H19N3O. The van der Waals surface area contributed by atoms with E-state index in [2.05, 4.69) is 30.9 Å². The SMILES string of the molecule is CC(C)(C)Cc1noc(C2(CN)CC2)n1. The molecule has 2 rings (SSSR count). The van der Waals surface area contributed by atoms with Crippen LogP contribution in [0.25, 0.3) is 0 Å². The van der Waals surface area contributed by atoms with Crippen LogP contribution >= 0.6 is 0 Å². The van der Waals surface area contributed by atoms with Crippen LogP contribution in [0.2, 0.25) is 0 Å². The molecule has 0 amide bonds. The molecule has 1 fully saturated rings. The summed E-state index contributed by atoms with van der Waals surface area (Å²) < 4.78 is 5.29. The maximum Gasteiger partial charge on any atom is 0.234 e. The third-order valence-electron chi connectivity index (χ3n) is 2.85. The summed E-state index contributed by atoms with van der Waals surface area (Å²) in [7, 11) is 0. The standard InChI is InChI=1S/C11H19N3O/c1-10(2,3)6-8-13-9(15-14-8)11(7-12)4-5-11/h4-7,12H2,1-3H3. The van der Waals surface area contributed by atoms with Gasteiger partial charge in [-0.3, -0.25) is 0 Å². The number of hydrogen-bond donors (Lipinski definition) is 1. The smallest absolute Gasteiger partial charge is 0.234 e. The molecule has 4 nitrogen and oxygen atoms in total. The van der Waals surface area contributed by atoms with Gasteiger partial charge >= 0.3 is 0 Å². The molecule has 1 saturated carbocycles. The molecule has 1 aromatic rings. The highest BCUT2D eigenvalue weighted by Gasteiger charge is 2.48. The highest BCUT2D eigenvalue weighted by atomic mass is 16.5. The normalized spacial score (nSPS) is 19.2. The Bertz CT molecular complexity index is 347. The fraction of sp³-hybridized carbons (Fsp3) is 0.818. The van der Waals surface area contributed by atoms with E-state index >= 15 is 0 Å². The predicted molar refractivity (Wildman–Crippen MR) is 57.4 cm³/mol. The Morgan fingerprint density at radius 3 is 2.53 bits per heavy atom. The monoisotopic (exact) mass is 209 g/mol. The maximum atomic E-state index is 5.71. The maximum absolute atomic E-state index is 5.71. The Balaban J connectivity index is 2.11. The van der Waals surface area contributed by atoms with Crippen molar-refractivity contribution in [2.24, 2.45) is 11.1 Å². The topological polar surface area (TPSA) is 64.9 Å². The second-order valence-electron chi connectivity index (χ2n) is 5.74. The summed E-state index contributed by atoms with van der Waals surface area (Å²) in [4.78, 5) is 4.44. The van der Waals surface area contributed by atoms with Crippen LogP contribution < -0.4 is 5.73 Å². The van der Waals surface area contributed by atoms with Crippen molar-refractivity contribution in [1.82, 2.24) is 10.1 Å². The lowest BCUT2D eigenvalue weighted by Gasteiger charge is -2.14. The highest BCUT2D eigenvalue weighted by molar-refractivity contribution is 5.16. The minimum Gasteiger partial charge on any atom is -0.339 e. The molecule has 4 heteroatoms. The van der Waals surface area contributed by atoms with Gasteiger partial charge in [-0.1, -0.05) is 25.9 Å². The highest BCUT2D eigenvalue weighted by Crippen LogP contribution is 2.46. The summed E-state index contributed by atoms with van der Waals surface area (Å²) in [6, 6.07) is 0. The van der Waals surface area contributed by atoms with Crippen LogP contribution in [0.1, 0.15) is 45.3 Å². The zero-order valence-corrected chi connectivity index (χ0v) is 9.71. The average molecular weight is 209 g/mol. The number of hydrogen-bond acceptors (Lipinski definition) is 4. The summed E-state index contributed by atoms with van der Waals surface area (Å²) >= 11 is 0. The van der Waals surface area contributed by atoms with Crippen molar-refractivity contribution in [3.63, 3.8) is 0 Å². The van der Waals surface area contributed by atoms with Crippen molar-refractivity contribution in [3.8, 4) is 0 Å². The minimum absolute atomic E-state index is 0.0170. The Labute approximate surface area is 90.2 Å². The molecule has 0 radical (unpaired) electrons. The van der Waals surface area contributed by atoms with Crippen molar-refractivity contribution in [3.05, 3.63) is 11.7 Å². The van der Waals surface area contributed by atoms with Crippen LogP contribution in [0.5, 0.6) is 0 Å². The molecule has 15 heavy (non-hydrogen) atoms. The van der Waals surface area contributed by atoms with Gasteiger partial charge in [-0.05, 0) is 18.3 Å². The van der Waals surface area contributed by atoms with Crippen LogP contribution in [-0.2, 0) is 11.8 Å². The van der Waals surface area contributed by atoms with Gasteiger partial charge in [-0.2, -0.15) is 4.98 Å². The van der Waals surface area contributed by atoms with Crippen molar-refractivity contribution in [2.45, 2.75) is 45.4 Å². The second-order valence-corrected chi connectivity index (χ2v) is 5.74. The molecule has 0 atom stereocenters. The average Bonchev–Trinajstić information content (AvgIpc) is 2.80. The van der Waals surface area contributed by atoms with Crippen molar-refractivity contribution < 1.29 is 4.52 Å². The first-order valence-corrected chi connectivity index (χ1v) is 5.48. The third kappa shape index (κ3) is 2.20. The van der Waals surface area contributed by atoms with Gasteiger partial charge < -0.3 is 10.3 Å². The summed E-state index contributed by atoms with van der Waals surface area (Å²) in [5, 5.41) is 4.01. The van der Waals surface area contributed by atoms with Gasteiger partial charge in [0.05, 0.1) is 5.41 Å². The number of nitrogens with zero attached hydrogens (tertiary/aromatic N) is 2. The Hall–Kier alpha value is -0.900. The molecule has 1 aliphatic rings. The van der Waals surface area contributed by atoms with Gasteiger partial charge in [-0.25, -0.2) is 0 Å². The second kappa shape index (κ2) is 3.30. The molecule has 0 bridgehead atoms. The molecular weight excluding hydrogens is 190 g/mol. The summed E-state index contributed by atoms with van der Waals surface area (Å²) in [6.45, 7) is 7.11. The van der Waals surface area contributed by atoms with E-state index in [0.717, 1.165) is 31.0 Å². The minimum atomic E-state index is 0.0170. The molecule has 0 spiro atoms. The first-order chi connectivity index (χ1) is 6.95. The van der Waals surface area contributed by atoms with E-state index in [4.69, 9.17) is 10.3 Å². The molecule has 0 unspecified atom stereocenters. The molecule has 1 heterocycles. The fourth-order valence-corrected chi connectivity index (χ4v) is 1.67. The van der Waals surface area contributed by atoms with E-state index < -0.39 is 0 Å². The van der Waals surface area contributed by atoms with Gasteiger partial charge in [0, 0.05) is 13.0 Å². The molecule has 0 aromatic carbocycles. The summed E-state index contributed by atoms with van der Waals surface area (Å²) in [5.41, 5.74) is 5.92. The molecule has 0 saturated heterocycles. The van der Waals surface area contributed by atoms with Crippen LogP contribution in [0, 0.1) is 5.41 Å². The van der Waals surface area contributed by atoms with E-state index in [1.165, 1.54) is 0 Å². The zero-order chi connectivity index (χ0) is 11.1. The molecule has 0 aliphatic heterocycles. The van der Waals surface area contributed by atoms with Crippen LogP contribution in [0.15, 0.2) is 4.52 Å². The van der Waals surface area contributed by atoms with E-state index in [1.54, 1.807) is 0 Å². The van der Waals surface area contributed by atoms with Gasteiger partial charge in [-0.15, -0.1) is 0 Å². The van der Waals surface area contributed by atoms with E-state index in [9.17, 15) is 0 Å². The van der Waals surface area contributed by atoms with Crippen molar-refractivity contribution >= 4 is 0 Å². The summed E-state index contributed by atoms with van der Waals surface area (Å²) in [5.74, 6) is 1.54. The lowest BCUT2D eigenvalue weighted by molar-refractivity contribution is 0.334. The fourth-order valence-electron chi connectivity index (χ4n) is 1.67. The Morgan fingerprint density at radius 1 is 1.40 bits per heavy atom.